The van der Waals surface area contributed by atoms with Crippen LogP contribution in [0.25, 0.3) is 0 Å². The van der Waals surface area contributed by atoms with Crippen molar-refractivity contribution in [2.24, 2.45) is 4.99 Å². The third-order valence-corrected chi connectivity index (χ3v) is 6.35. The van der Waals surface area contributed by atoms with Crippen molar-refractivity contribution in [3.63, 3.8) is 0 Å². The number of allylic oxidation sites excluding steroid dienone is 1. The fourth-order valence-electron chi connectivity index (χ4n) is 4.03. The Labute approximate surface area is 169 Å². The molecule has 0 atom stereocenters. The molecule has 1 nitrogen and oxygen atoms in total. The molecule has 0 N–H and O–H groups in total. The lowest BCUT2D eigenvalue weighted by molar-refractivity contribution is 0.711. The van der Waals surface area contributed by atoms with Gasteiger partial charge in [-0.1, -0.05) is 48.9 Å². The summed E-state index contributed by atoms with van der Waals surface area (Å²) >= 11 is 1.73. The normalized spacial score (nSPS) is 14.6. The molecule has 0 spiro atoms. The highest BCUT2D eigenvalue weighted by Gasteiger charge is 2.16. The van der Waals surface area contributed by atoms with Crippen LogP contribution in [-0.2, 0) is 19.3 Å². The second-order valence-electron chi connectivity index (χ2n) is 7.73. The molecule has 2 aromatic carbocycles. The first-order chi connectivity index (χ1) is 13.0. The Morgan fingerprint density at radius 3 is 2.59 bits per heavy atom. The molecule has 0 aromatic heterocycles. The molecular formula is C25H31NS. The number of hydrogen-bond acceptors (Lipinski definition) is 2. The van der Waals surface area contributed by atoms with Gasteiger partial charge in [0.2, 0.25) is 0 Å². The van der Waals surface area contributed by atoms with Crippen molar-refractivity contribution in [3.05, 3.63) is 81.6 Å². The first-order valence-corrected chi connectivity index (χ1v) is 11.2. The third-order valence-electron chi connectivity index (χ3n) is 5.65. The summed E-state index contributed by atoms with van der Waals surface area (Å²) in [6, 6.07) is 11.2. The van der Waals surface area contributed by atoms with Crippen molar-refractivity contribution in [2.45, 2.75) is 59.3 Å². The van der Waals surface area contributed by atoms with Gasteiger partial charge in [-0.25, -0.2) is 4.99 Å². The van der Waals surface area contributed by atoms with E-state index in [0.29, 0.717) is 0 Å². The number of rotatable bonds is 4. The first-order valence-electron chi connectivity index (χ1n) is 9.98. The Morgan fingerprint density at radius 1 is 1.04 bits per heavy atom. The second kappa shape index (κ2) is 8.93. The molecule has 2 aromatic rings. The van der Waals surface area contributed by atoms with Crippen LogP contribution in [0.15, 0.2) is 47.6 Å². The van der Waals surface area contributed by atoms with E-state index in [9.17, 15) is 0 Å². The maximum Gasteiger partial charge on any atom is 0.104 e. The maximum absolute atomic E-state index is 4.95. The van der Waals surface area contributed by atoms with E-state index in [1.54, 1.807) is 22.9 Å². The van der Waals surface area contributed by atoms with Crippen LogP contribution in [0, 0.1) is 20.8 Å². The average Bonchev–Trinajstić information content (AvgIpc) is 2.89. The van der Waals surface area contributed by atoms with Crippen LogP contribution in [-0.4, -0.2) is 11.3 Å². The van der Waals surface area contributed by atoms with Gasteiger partial charge in [0.15, 0.2) is 0 Å². The molecule has 0 saturated heterocycles. The zero-order valence-electron chi connectivity index (χ0n) is 17.2. The molecule has 0 saturated carbocycles. The summed E-state index contributed by atoms with van der Waals surface area (Å²) in [6.45, 7) is 10.8. The van der Waals surface area contributed by atoms with E-state index in [1.165, 1.54) is 59.9 Å². The molecule has 0 aliphatic heterocycles. The van der Waals surface area contributed by atoms with Gasteiger partial charge in [0, 0.05) is 17.7 Å². The standard InChI is InChI=1S/C25H31NS/c1-17-11-12-18(2)22(15-17)16-19(3)26-25(27-5)24-14-13-21-9-7-6-8-10-23(21)20(24)4/h11-15H,3,6-10,16H2,1-2,4-5H3. The molecule has 0 heterocycles. The molecule has 0 unspecified atom stereocenters. The molecule has 0 fully saturated rings. The van der Waals surface area contributed by atoms with Gasteiger partial charge in [-0.15, -0.1) is 11.8 Å². The highest BCUT2D eigenvalue weighted by atomic mass is 32.2. The van der Waals surface area contributed by atoms with E-state index in [-0.39, 0.29) is 0 Å². The molecule has 0 bridgehead atoms. The van der Waals surface area contributed by atoms with Gasteiger partial charge in [0.25, 0.3) is 0 Å². The molecule has 1 aliphatic carbocycles. The van der Waals surface area contributed by atoms with Crippen molar-refractivity contribution < 1.29 is 0 Å². The highest BCUT2D eigenvalue weighted by Crippen LogP contribution is 2.28. The van der Waals surface area contributed by atoms with Gasteiger partial charge in [0.05, 0.1) is 0 Å². The fraction of sp³-hybridized carbons (Fsp3) is 0.400. The van der Waals surface area contributed by atoms with Crippen LogP contribution in [0.5, 0.6) is 0 Å². The number of aryl methyl sites for hydroxylation is 3. The van der Waals surface area contributed by atoms with Crippen LogP contribution < -0.4 is 0 Å². The maximum atomic E-state index is 4.95. The Morgan fingerprint density at radius 2 is 1.81 bits per heavy atom. The minimum absolute atomic E-state index is 0.807. The number of thioether (sulfide) groups is 1. The summed E-state index contributed by atoms with van der Waals surface area (Å²) in [4.78, 5) is 4.95. The summed E-state index contributed by atoms with van der Waals surface area (Å²) in [7, 11) is 0. The minimum Gasteiger partial charge on any atom is -0.246 e. The monoisotopic (exact) mass is 377 g/mol. The second-order valence-corrected chi connectivity index (χ2v) is 8.53. The van der Waals surface area contributed by atoms with E-state index in [2.05, 4.69) is 63.9 Å². The van der Waals surface area contributed by atoms with Crippen molar-refractivity contribution in [1.82, 2.24) is 0 Å². The summed E-state index contributed by atoms with van der Waals surface area (Å²) in [5.41, 5.74) is 10.7. The zero-order chi connectivity index (χ0) is 19.4. The quantitative estimate of drug-likeness (QED) is 0.326. The number of fused-ring (bicyclic) bond motifs is 1. The van der Waals surface area contributed by atoms with Gasteiger partial charge in [-0.05, 0) is 80.5 Å². The van der Waals surface area contributed by atoms with Gasteiger partial charge < -0.3 is 0 Å². The van der Waals surface area contributed by atoms with E-state index >= 15 is 0 Å². The van der Waals surface area contributed by atoms with Crippen LogP contribution in [0.1, 0.15) is 58.2 Å². The third kappa shape index (κ3) is 4.73. The predicted octanol–water partition coefficient (Wildman–Crippen LogP) is 6.75. The van der Waals surface area contributed by atoms with Crippen LogP contribution in [0.3, 0.4) is 0 Å². The van der Waals surface area contributed by atoms with Crippen molar-refractivity contribution in [2.75, 3.05) is 6.26 Å². The molecule has 0 radical (unpaired) electrons. The van der Waals surface area contributed by atoms with Gasteiger partial charge in [-0.3, -0.25) is 0 Å². The lowest BCUT2D eigenvalue weighted by atomic mass is 9.94. The molecule has 0 amide bonds. The lowest BCUT2D eigenvalue weighted by Gasteiger charge is -2.16. The summed E-state index contributed by atoms with van der Waals surface area (Å²) in [5.74, 6) is 0. The highest BCUT2D eigenvalue weighted by molar-refractivity contribution is 8.13. The largest absolute Gasteiger partial charge is 0.246 e. The van der Waals surface area contributed by atoms with Gasteiger partial charge >= 0.3 is 0 Å². The van der Waals surface area contributed by atoms with E-state index in [0.717, 1.165) is 17.2 Å². The average molecular weight is 378 g/mol. The molecule has 2 heteroatoms. The summed E-state index contributed by atoms with van der Waals surface area (Å²) < 4.78 is 0. The van der Waals surface area contributed by atoms with Crippen LogP contribution in [0.2, 0.25) is 0 Å². The van der Waals surface area contributed by atoms with Crippen LogP contribution in [0.4, 0.5) is 0 Å². The van der Waals surface area contributed by atoms with Crippen LogP contribution >= 0.6 is 11.8 Å². The molecule has 142 valence electrons. The fourth-order valence-corrected chi connectivity index (χ4v) is 4.69. The summed E-state index contributed by atoms with van der Waals surface area (Å²) in [5, 5.41) is 1.09. The van der Waals surface area contributed by atoms with E-state index < -0.39 is 0 Å². The van der Waals surface area contributed by atoms with Crippen molar-refractivity contribution in [1.29, 1.82) is 0 Å². The minimum atomic E-state index is 0.807. The predicted molar refractivity (Wildman–Crippen MR) is 121 cm³/mol. The number of hydrogen-bond donors (Lipinski definition) is 0. The molecule has 1 aliphatic rings. The topological polar surface area (TPSA) is 12.4 Å². The van der Waals surface area contributed by atoms with E-state index in [1.807, 2.05) is 0 Å². The number of benzene rings is 2. The van der Waals surface area contributed by atoms with Gasteiger partial charge in [0.1, 0.15) is 5.04 Å². The molecule has 3 rings (SSSR count). The molecule has 27 heavy (non-hydrogen) atoms. The van der Waals surface area contributed by atoms with Crippen molar-refractivity contribution >= 4 is 16.8 Å². The van der Waals surface area contributed by atoms with Gasteiger partial charge in [-0.2, -0.15) is 0 Å². The Balaban J connectivity index is 1.89. The molecular weight excluding hydrogens is 346 g/mol. The first kappa shape index (κ1) is 19.9. The Bertz CT molecular complexity index is 876. The number of aliphatic imine (C=N–C) groups is 1. The Hall–Kier alpha value is -1.80. The summed E-state index contributed by atoms with van der Waals surface area (Å²) in [6.07, 6.45) is 9.34. The lowest BCUT2D eigenvalue weighted by Crippen LogP contribution is -2.05. The number of nitrogens with zero attached hydrogens (tertiary/aromatic N) is 1. The Kier molecular flexibility index (Phi) is 6.59. The smallest absolute Gasteiger partial charge is 0.104 e. The van der Waals surface area contributed by atoms with Crippen molar-refractivity contribution in [3.8, 4) is 0 Å². The SMILES string of the molecule is C=C(Cc1cc(C)ccc1C)N=C(SC)c1ccc2c(c1C)CCCCC2. The zero-order valence-corrected chi connectivity index (χ0v) is 18.0. The van der Waals surface area contributed by atoms with E-state index in [4.69, 9.17) is 4.99 Å².